The minimum absolute atomic E-state index is 0.526. The van der Waals surface area contributed by atoms with E-state index < -0.39 is 0 Å². The summed E-state index contributed by atoms with van der Waals surface area (Å²) in [5.74, 6) is 0. The molecule has 3 heteroatoms. The highest BCUT2D eigenvalue weighted by Crippen LogP contribution is 2.23. The Morgan fingerprint density at radius 2 is 1.74 bits per heavy atom. The molecule has 0 spiro atoms. The molecule has 2 nitrogen and oxygen atoms in total. The minimum Gasteiger partial charge on any atom is -0.309 e. The van der Waals surface area contributed by atoms with Gasteiger partial charge in [-0.05, 0) is 13.0 Å². The summed E-state index contributed by atoms with van der Waals surface area (Å²) in [7, 11) is 0. The van der Waals surface area contributed by atoms with Crippen molar-refractivity contribution in [3.63, 3.8) is 0 Å². The van der Waals surface area contributed by atoms with Crippen LogP contribution in [0.4, 0.5) is 0 Å². The summed E-state index contributed by atoms with van der Waals surface area (Å²) < 4.78 is 0. The third-order valence-corrected chi connectivity index (χ3v) is 4.48. The number of nitrogens with zero attached hydrogens (tertiary/aromatic N) is 1. The van der Waals surface area contributed by atoms with Gasteiger partial charge in [0.1, 0.15) is 0 Å². The molecule has 1 aromatic rings. The van der Waals surface area contributed by atoms with Gasteiger partial charge in [0, 0.05) is 17.1 Å². The second kappa shape index (κ2) is 11.4. The van der Waals surface area contributed by atoms with Gasteiger partial charge in [0.15, 0.2) is 0 Å². The summed E-state index contributed by atoms with van der Waals surface area (Å²) >= 11 is 1.77. The number of rotatable bonds is 12. The molecule has 19 heavy (non-hydrogen) atoms. The molecule has 0 aromatic carbocycles. The lowest BCUT2D eigenvalue weighted by Crippen LogP contribution is -2.19. The number of hydrogen-bond donors (Lipinski definition) is 1. The molecular weight excluding hydrogens is 252 g/mol. The minimum atomic E-state index is 0.526. The zero-order valence-electron chi connectivity index (χ0n) is 12.7. The van der Waals surface area contributed by atoms with E-state index in [-0.39, 0.29) is 0 Å². The fourth-order valence-electron chi connectivity index (χ4n) is 2.47. The van der Waals surface area contributed by atoms with Crippen LogP contribution < -0.4 is 5.32 Å². The van der Waals surface area contributed by atoms with Crippen LogP contribution in [-0.4, -0.2) is 11.5 Å². The molecule has 0 saturated heterocycles. The maximum Gasteiger partial charge on any atom is 0.0794 e. The van der Waals surface area contributed by atoms with Crippen molar-refractivity contribution < 1.29 is 0 Å². The monoisotopic (exact) mass is 282 g/mol. The number of thiazole rings is 1. The highest BCUT2D eigenvalue weighted by molar-refractivity contribution is 7.09. The Balaban J connectivity index is 2.06. The molecule has 0 aliphatic rings. The quantitative estimate of drug-likeness (QED) is 0.524. The summed E-state index contributed by atoms with van der Waals surface area (Å²) in [4.78, 5) is 5.58. The van der Waals surface area contributed by atoms with Crippen molar-refractivity contribution in [3.8, 4) is 0 Å². The van der Waals surface area contributed by atoms with E-state index in [2.05, 4.69) is 24.1 Å². The van der Waals surface area contributed by atoms with Crippen LogP contribution in [0.15, 0.2) is 11.7 Å². The van der Waals surface area contributed by atoms with E-state index in [1.54, 1.807) is 11.3 Å². The molecule has 110 valence electrons. The SMILES string of the molecule is CCCCCCCCCCC(NCC)c1cncs1. The molecule has 1 N–H and O–H groups in total. The van der Waals surface area contributed by atoms with E-state index in [1.165, 1.54) is 62.7 Å². The van der Waals surface area contributed by atoms with E-state index in [9.17, 15) is 0 Å². The molecule has 0 amide bonds. The largest absolute Gasteiger partial charge is 0.309 e. The van der Waals surface area contributed by atoms with Gasteiger partial charge in [-0.3, -0.25) is 4.98 Å². The Morgan fingerprint density at radius 1 is 1.05 bits per heavy atom. The fraction of sp³-hybridized carbons (Fsp3) is 0.812. The van der Waals surface area contributed by atoms with Crippen LogP contribution in [0.25, 0.3) is 0 Å². The standard InChI is InChI=1S/C16H30N2S/c1-3-5-6-7-8-9-10-11-12-15(18-4-2)16-13-17-14-19-16/h13-15,18H,3-12H2,1-2H3. The van der Waals surface area contributed by atoms with Gasteiger partial charge in [0.05, 0.1) is 5.51 Å². The topological polar surface area (TPSA) is 24.9 Å². The first-order valence-electron chi connectivity index (χ1n) is 8.00. The third kappa shape index (κ3) is 7.68. The maximum absolute atomic E-state index is 4.19. The second-order valence-corrected chi connectivity index (χ2v) is 6.20. The second-order valence-electron chi connectivity index (χ2n) is 5.28. The Morgan fingerprint density at radius 3 is 2.32 bits per heavy atom. The van der Waals surface area contributed by atoms with Gasteiger partial charge in [0.2, 0.25) is 0 Å². The maximum atomic E-state index is 4.19. The smallest absolute Gasteiger partial charge is 0.0794 e. The molecule has 1 heterocycles. The zero-order chi connectivity index (χ0) is 13.8. The molecule has 1 atom stereocenters. The number of aromatic nitrogens is 1. The molecule has 0 fully saturated rings. The predicted octanol–water partition coefficient (Wildman–Crippen LogP) is 5.32. The third-order valence-electron chi connectivity index (χ3n) is 3.59. The van der Waals surface area contributed by atoms with Gasteiger partial charge in [-0.1, -0.05) is 65.2 Å². The van der Waals surface area contributed by atoms with Gasteiger partial charge in [-0.2, -0.15) is 0 Å². The van der Waals surface area contributed by atoms with E-state index in [0.717, 1.165) is 6.54 Å². The Bertz CT molecular complexity index is 285. The first-order valence-corrected chi connectivity index (χ1v) is 8.88. The molecule has 0 aliphatic heterocycles. The van der Waals surface area contributed by atoms with E-state index in [1.807, 2.05) is 11.7 Å². The number of hydrogen-bond acceptors (Lipinski definition) is 3. The van der Waals surface area contributed by atoms with Crippen molar-refractivity contribution >= 4 is 11.3 Å². The van der Waals surface area contributed by atoms with Crippen LogP contribution in [0.5, 0.6) is 0 Å². The normalized spacial score (nSPS) is 12.7. The molecule has 1 unspecified atom stereocenters. The van der Waals surface area contributed by atoms with Crippen LogP contribution in [0, 0.1) is 0 Å². The van der Waals surface area contributed by atoms with Gasteiger partial charge in [-0.15, -0.1) is 11.3 Å². The van der Waals surface area contributed by atoms with Crippen LogP contribution >= 0.6 is 11.3 Å². The summed E-state index contributed by atoms with van der Waals surface area (Å²) in [6.45, 7) is 5.50. The van der Waals surface area contributed by atoms with Crippen molar-refractivity contribution in [2.45, 2.75) is 77.7 Å². The average Bonchev–Trinajstić information content (AvgIpc) is 2.94. The van der Waals surface area contributed by atoms with Gasteiger partial charge >= 0.3 is 0 Å². The van der Waals surface area contributed by atoms with Crippen molar-refractivity contribution in [3.05, 3.63) is 16.6 Å². The molecular formula is C16H30N2S. The molecule has 0 aliphatic carbocycles. The highest BCUT2D eigenvalue weighted by Gasteiger charge is 2.10. The molecule has 1 rings (SSSR count). The van der Waals surface area contributed by atoms with Gasteiger partial charge < -0.3 is 5.32 Å². The highest BCUT2D eigenvalue weighted by atomic mass is 32.1. The lowest BCUT2D eigenvalue weighted by molar-refractivity contribution is 0.479. The lowest BCUT2D eigenvalue weighted by atomic mass is 10.0. The first kappa shape index (κ1) is 16.6. The van der Waals surface area contributed by atoms with Crippen molar-refractivity contribution in [1.82, 2.24) is 10.3 Å². The summed E-state index contributed by atoms with van der Waals surface area (Å²) in [6, 6.07) is 0.526. The van der Waals surface area contributed by atoms with E-state index in [4.69, 9.17) is 0 Å². The van der Waals surface area contributed by atoms with E-state index >= 15 is 0 Å². The molecule has 0 saturated carbocycles. The Hall–Kier alpha value is -0.410. The predicted molar refractivity (Wildman–Crippen MR) is 85.8 cm³/mol. The van der Waals surface area contributed by atoms with Crippen molar-refractivity contribution in [1.29, 1.82) is 0 Å². The van der Waals surface area contributed by atoms with Crippen molar-refractivity contribution in [2.75, 3.05) is 6.54 Å². The fourth-order valence-corrected chi connectivity index (χ4v) is 3.20. The van der Waals surface area contributed by atoms with Crippen LogP contribution in [-0.2, 0) is 0 Å². The number of unbranched alkanes of at least 4 members (excludes halogenated alkanes) is 7. The number of nitrogens with one attached hydrogen (secondary N) is 1. The zero-order valence-corrected chi connectivity index (χ0v) is 13.5. The van der Waals surface area contributed by atoms with Crippen molar-refractivity contribution in [2.24, 2.45) is 0 Å². The first-order chi connectivity index (χ1) is 9.38. The van der Waals surface area contributed by atoms with E-state index in [0.29, 0.717) is 6.04 Å². The average molecular weight is 282 g/mol. The molecule has 0 bridgehead atoms. The summed E-state index contributed by atoms with van der Waals surface area (Å²) in [5.41, 5.74) is 1.94. The van der Waals surface area contributed by atoms with Gasteiger partial charge in [0.25, 0.3) is 0 Å². The summed E-state index contributed by atoms with van der Waals surface area (Å²) in [6.07, 6.45) is 14.4. The Kier molecular flexibility index (Phi) is 10.0. The lowest BCUT2D eigenvalue weighted by Gasteiger charge is -2.15. The van der Waals surface area contributed by atoms with Crippen LogP contribution in [0.2, 0.25) is 0 Å². The van der Waals surface area contributed by atoms with Crippen LogP contribution in [0.1, 0.15) is 82.6 Å². The van der Waals surface area contributed by atoms with Gasteiger partial charge in [-0.25, -0.2) is 0 Å². The molecule has 0 radical (unpaired) electrons. The Labute approximate surface area is 123 Å². The van der Waals surface area contributed by atoms with Crippen LogP contribution in [0.3, 0.4) is 0 Å². The summed E-state index contributed by atoms with van der Waals surface area (Å²) in [5, 5.41) is 3.57. The molecule has 1 aromatic heterocycles.